The fourth-order valence-electron chi connectivity index (χ4n) is 0. The van der Waals surface area contributed by atoms with Gasteiger partial charge in [-0.2, -0.15) is 8.42 Å². The Morgan fingerprint density at radius 2 is 1.00 bits per heavy atom. The zero-order valence-electron chi connectivity index (χ0n) is 3.98. The van der Waals surface area contributed by atoms with Gasteiger partial charge in [0, 0.05) is 0 Å². The molecule has 0 rings (SSSR count). The van der Waals surface area contributed by atoms with Crippen LogP contribution >= 0.6 is 0 Å². The number of hydrogen-bond donors (Lipinski definition) is 2. The van der Waals surface area contributed by atoms with E-state index in [1.54, 1.807) is 0 Å². The molecule has 0 radical (unpaired) electrons. The van der Waals surface area contributed by atoms with Crippen molar-refractivity contribution in [2.75, 3.05) is 0 Å². The molecule has 0 spiro atoms. The third kappa shape index (κ3) is 161. The van der Waals surface area contributed by atoms with E-state index in [-0.39, 0.29) is 61.2 Å². The smallest absolute Gasteiger partial charge is 0.693 e. The summed E-state index contributed by atoms with van der Waals surface area (Å²) in [4.78, 5) is 0. The summed E-state index contributed by atoms with van der Waals surface area (Å²) in [6.07, 6.45) is 0. The van der Waals surface area contributed by atoms with E-state index in [2.05, 4.69) is 0 Å². The minimum Gasteiger partial charge on any atom is -0.693 e. The Labute approximate surface area is 87.9 Å². The summed E-state index contributed by atoms with van der Waals surface area (Å²) in [7, 11) is -4.67. The Morgan fingerprint density at radius 1 is 1.00 bits per heavy atom. The quantitative estimate of drug-likeness (QED) is 0.483. The van der Waals surface area contributed by atoms with Crippen molar-refractivity contribution < 1.29 is 17.5 Å². The average molecular weight is 267 g/mol. The molecule has 48 valence electrons. The second kappa shape index (κ2) is 8.36. The van der Waals surface area contributed by atoms with Crippen LogP contribution in [0.4, 0.5) is 0 Å². The zero-order chi connectivity index (χ0) is 4.50. The van der Waals surface area contributed by atoms with Gasteiger partial charge in [0.15, 0.2) is 0 Å². The molecule has 0 atom stereocenters. The van der Waals surface area contributed by atoms with Gasteiger partial charge in [0.1, 0.15) is 0 Å². The van der Waals surface area contributed by atoms with Gasteiger partial charge >= 0.3 is 59.3 Å². The Bertz CT molecular complexity index is 97.2. The van der Waals surface area contributed by atoms with Crippen molar-refractivity contribution in [1.82, 2.24) is 0 Å². The van der Waals surface area contributed by atoms with Crippen molar-refractivity contribution in [3.63, 3.8) is 0 Å². The first-order valence-corrected chi connectivity index (χ1v) is 2.10. The maximum absolute atomic E-state index is 8.74. The molecule has 0 fully saturated rings. The van der Waals surface area contributed by atoms with Crippen molar-refractivity contribution in [1.29, 1.82) is 0 Å². The molecular formula is H6BaN2O4S. The maximum Gasteiger partial charge on any atom is 2.00 e. The molecule has 8 heavy (non-hydrogen) atoms. The molecule has 0 aliphatic rings. The molecule has 0 heterocycles. The van der Waals surface area contributed by atoms with Crippen LogP contribution in [0.25, 0.3) is 12.3 Å². The predicted octanol–water partition coefficient (Wildman–Crippen LogP) is 0.401. The molecule has 0 aliphatic heterocycles. The van der Waals surface area contributed by atoms with E-state index in [1.807, 2.05) is 0 Å². The van der Waals surface area contributed by atoms with Gasteiger partial charge in [-0.25, -0.2) is 0 Å². The van der Waals surface area contributed by atoms with Gasteiger partial charge in [-0.15, -0.1) is 0 Å². The van der Waals surface area contributed by atoms with E-state index in [1.165, 1.54) is 0 Å². The molecule has 0 aromatic rings. The van der Waals surface area contributed by atoms with Gasteiger partial charge in [0.05, 0.1) is 0 Å². The Hall–Kier alpha value is 1.36. The fourth-order valence-corrected chi connectivity index (χ4v) is 0. The first-order valence-electron chi connectivity index (χ1n) is 0.698. The van der Waals surface area contributed by atoms with Crippen LogP contribution in [-0.4, -0.2) is 66.4 Å². The normalized spacial score (nSPS) is 7.25. The van der Waals surface area contributed by atoms with Crippen molar-refractivity contribution in [3.8, 4) is 0 Å². The molecule has 0 amide bonds. The van der Waals surface area contributed by atoms with Crippen molar-refractivity contribution >= 4 is 59.3 Å². The van der Waals surface area contributed by atoms with Crippen LogP contribution in [0, 0.1) is 0 Å². The third-order valence-corrected chi connectivity index (χ3v) is 0. The first-order chi connectivity index (χ1) is 2.00. The molecule has 0 aliphatic carbocycles. The van der Waals surface area contributed by atoms with E-state index in [0.717, 1.165) is 0 Å². The second-order valence-electron chi connectivity index (χ2n) is 0.448. The van der Waals surface area contributed by atoms with Crippen LogP contribution in [-0.2, 0) is 10.4 Å². The van der Waals surface area contributed by atoms with Gasteiger partial charge in [-0.3, -0.25) is 9.11 Å². The van der Waals surface area contributed by atoms with Gasteiger partial charge in [0.2, 0.25) is 0 Å². The average Bonchev–Trinajstić information content (AvgIpc) is 0.722. The summed E-state index contributed by atoms with van der Waals surface area (Å²) in [5.74, 6) is 0. The first kappa shape index (κ1) is 22.8. The van der Waals surface area contributed by atoms with Gasteiger partial charge in [-0.1, -0.05) is 0 Å². The predicted molar refractivity (Wildman–Crippen MR) is 30.5 cm³/mol. The molecule has 6 nitrogen and oxygen atoms in total. The van der Waals surface area contributed by atoms with E-state index in [0.29, 0.717) is 0 Å². The van der Waals surface area contributed by atoms with E-state index in [4.69, 9.17) is 17.5 Å². The molecule has 0 saturated carbocycles. The summed E-state index contributed by atoms with van der Waals surface area (Å²) < 4.78 is 31.6. The van der Waals surface area contributed by atoms with E-state index < -0.39 is 10.4 Å². The van der Waals surface area contributed by atoms with Crippen molar-refractivity contribution in [2.24, 2.45) is 0 Å². The van der Waals surface area contributed by atoms with Crippen LogP contribution in [0.5, 0.6) is 0 Å². The van der Waals surface area contributed by atoms with Crippen LogP contribution in [0.1, 0.15) is 0 Å². The number of rotatable bonds is 0. The fraction of sp³-hybridized carbons (Fsp3) is 0. The van der Waals surface area contributed by atoms with Gasteiger partial charge in [-0.05, 0) is 0 Å². The van der Waals surface area contributed by atoms with Crippen LogP contribution < -0.4 is 0 Å². The second-order valence-corrected chi connectivity index (χ2v) is 1.34. The third-order valence-electron chi connectivity index (χ3n) is 0. The SMILES string of the molecule is O=S(=O)(O)O.[Ba+2].[NH2-].[NH2-]. The minimum absolute atomic E-state index is 0. The van der Waals surface area contributed by atoms with E-state index in [9.17, 15) is 0 Å². The monoisotopic (exact) mass is 268 g/mol. The Morgan fingerprint density at radius 3 is 1.00 bits per heavy atom. The summed E-state index contributed by atoms with van der Waals surface area (Å²) in [6.45, 7) is 0. The number of nitrogens with two attached hydrogens (primary N) is 2. The molecule has 0 bridgehead atoms. The standard InChI is InChI=1S/Ba.2H2N.H2O4S/c;;;1-5(2,3)4/h;2*1H2;(H2,1,2,3,4)/q+2;2*-1;. The number of hydrogen-bond acceptors (Lipinski definition) is 2. The molecular weight excluding hydrogens is 261 g/mol. The molecule has 6 N–H and O–H groups in total. The van der Waals surface area contributed by atoms with Gasteiger partial charge < -0.3 is 12.3 Å². The van der Waals surface area contributed by atoms with Crippen molar-refractivity contribution in [2.45, 2.75) is 0 Å². The summed E-state index contributed by atoms with van der Waals surface area (Å²) in [5, 5.41) is 0. The summed E-state index contributed by atoms with van der Waals surface area (Å²) in [6, 6.07) is 0. The largest absolute Gasteiger partial charge is 2.00 e. The van der Waals surface area contributed by atoms with Gasteiger partial charge in [0.25, 0.3) is 0 Å². The van der Waals surface area contributed by atoms with Crippen LogP contribution in [0.2, 0.25) is 0 Å². The van der Waals surface area contributed by atoms with Crippen molar-refractivity contribution in [3.05, 3.63) is 12.3 Å². The van der Waals surface area contributed by atoms with E-state index >= 15 is 0 Å². The zero-order valence-corrected chi connectivity index (χ0v) is 9.24. The Kier molecular flexibility index (Phi) is 23.8. The van der Waals surface area contributed by atoms with Crippen LogP contribution in [0.15, 0.2) is 0 Å². The molecule has 0 unspecified atom stereocenters. The summed E-state index contributed by atoms with van der Waals surface area (Å²) >= 11 is 0. The maximum atomic E-state index is 8.74. The molecule has 0 aromatic carbocycles. The topological polar surface area (TPSA) is 142 Å². The summed E-state index contributed by atoms with van der Waals surface area (Å²) in [5.41, 5.74) is 0. The minimum atomic E-state index is -4.67. The molecule has 0 saturated heterocycles. The molecule has 0 aromatic heterocycles. The molecule has 8 heteroatoms. The van der Waals surface area contributed by atoms with Crippen LogP contribution in [0.3, 0.4) is 0 Å². The Balaban J connectivity index is -0.0000000267.